The summed E-state index contributed by atoms with van der Waals surface area (Å²) >= 11 is 0. The van der Waals surface area contributed by atoms with Crippen LogP contribution in [0.4, 0.5) is 4.79 Å². The molecule has 1 unspecified atom stereocenters. The summed E-state index contributed by atoms with van der Waals surface area (Å²) in [7, 11) is 1.72. The Labute approximate surface area is 234 Å². The van der Waals surface area contributed by atoms with Crippen LogP contribution in [0.5, 0.6) is 5.75 Å². The summed E-state index contributed by atoms with van der Waals surface area (Å²) in [6.07, 6.45) is 2.80. The predicted octanol–water partition coefficient (Wildman–Crippen LogP) is 6.40. The van der Waals surface area contributed by atoms with Crippen LogP contribution < -0.4 is 10.1 Å². The topological polar surface area (TPSA) is 71.1 Å². The van der Waals surface area contributed by atoms with Gasteiger partial charge in [-0.2, -0.15) is 0 Å². The molecule has 0 radical (unpaired) electrons. The van der Waals surface area contributed by atoms with Gasteiger partial charge >= 0.3 is 6.03 Å². The number of likely N-dealkylation sites (tertiary alicyclic amines) is 1. The van der Waals surface area contributed by atoms with E-state index in [2.05, 4.69) is 30.6 Å². The number of rotatable bonds is 14. The minimum absolute atomic E-state index is 0.139. The number of carbonyl (C=O) groups excluding carboxylic acids is 2. The highest BCUT2D eigenvalue weighted by molar-refractivity contribution is 6.03. The van der Waals surface area contributed by atoms with Crippen LogP contribution in [-0.2, 0) is 9.53 Å². The van der Waals surface area contributed by atoms with E-state index in [1.807, 2.05) is 69.3 Å². The first kappa shape index (κ1) is 30.4. The van der Waals surface area contributed by atoms with Gasteiger partial charge in [0.05, 0.1) is 18.7 Å². The first-order chi connectivity index (χ1) is 18.8. The lowest BCUT2D eigenvalue weighted by Crippen LogP contribution is -2.73. The van der Waals surface area contributed by atoms with Gasteiger partial charge in [0.1, 0.15) is 11.2 Å². The summed E-state index contributed by atoms with van der Waals surface area (Å²) in [4.78, 5) is 30.5. The zero-order valence-corrected chi connectivity index (χ0v) is 24.4. The molecule has 3 rings (SSSR count). The molecule has 0 saturated carbocycles. The molecule has 0 aliphatic carbocycles. The summed E-state index contributed by atoms with van der Waals surface area (Å²) in [5.74, 6) is 0.423. The Hall–Kier alpha value is -3.16. The molecule has 212 valence electrons. The molecule has 2 aromatic carbocycles. The highest BCUT2D eigenvalue weighted by Gasteiger charge is 2.63. The summed E-state index contributed by atoms with van der Waals surface area (Å²) in [5, 5.41) is 3.05. The van der Waals surface area contributed by atoms with E-state index in [4.69, 9.17) is 9.47 Å². The fourth-order valence-electron chi connectivity index (χ4n) is 5.49. The van der Waals surface area contributed by atoms with Gasteiger partial charge in [-0.05, 0) is 62.5 Å². The molecule has 39 heavy (non-hydrogen) atoms. The minimum Gasteiger partial charge on any atom is -0.469 e. The van der Waals surface area contributed by atoms with Gasteiger partial charge in [-0.1, -0.05) is 75.7 Å². The fourth-order valence-corrected chi connectivity index (χ4v) is 5.49. The summed E-state index contributed by atoms with van der Waals surface area (Å²) < 4.78 is 11.9. The lowest BCUT2D eigenvalue weighted by molar-refractivity contribution is -0.191. The van der Waals surface area contributed by atoms with Gasteiger partial charge in [-0.3, -0.25) is 9.69 Å². The second-order valence-corrected chi connectivity index (χ2v) is 10.2. The Morgan fingerprint density at radius 2 is 1.64 bits per heavy atom. The molecular formula is C32H45N3O4. The smallest absolute Gasteiger partial charge is 0.327 e. The van der Waals surface area contributed by atoms with Gasteiger partial charge in [0.2, 0.25) is 5.91 Å². The Morgan fingerprint density at radius 1 is 1.05 bits per heavy atom. The summed E-state index contributed by atoms with van der Waals surface area (Å²) in [6.45, 7) is 16.5. The van der Waals surface area contributed by atoms with Gasteiger partial charge in [-0.15, -0.1) is 6.58 Å². The standard InChI is InChI=1S/C32H45N3O4/c1-8-13-27(24-16-14-23(6)15-17-24)33-31(37)35-29(36)32(9-2,10-3)30(35)39-26-20-18-25(19-21-26)28(22-38-7)34(11-4)12-5/h8,14-21,27-28,30H,1,9-13,22H2,2-7H3,(H,33,37)/t27-,28?,30+/m1/s1. The van der Waals surface area contributed by atoms with E-state index < -0.39 is 17.7 Å². The first-order valence-electron chi connectivity index (χ1n) is 14.1. The highest BCUT2D eigenvalue weighted by Crippen LogP contribution is 2.46. The number of likely N-dealkylation sites (N-methyl/N-ethyl adjacent to an activating group) is 1. The number of aryl methyl sites for hydroxylation is 1. The molecule has 1 aliphatic rings. The normalized spacial score (nSPS) is 17.9. The van der Waals surface area contributed by atoms with Crippen LogP contribution in [0.2, 0.25) is 0 Å². The van der Waals surface area contributed by atoms with Crippen molar-refractivity contribution in [2.45, 2.75) is 72.2 Å². The number of amides is 3. The van der Waals surface area contributed by atoms with Crippen molar-refractivity contribution in [3.63, 3.8) is 0 Å². The number of benzene rings is 2. The number of carbonyl (C=O) groups is 2. The molecule has 0 bridgehead atoms. The maximum atomic E-state index is 13.5. The first-order valence-corrected chi connectivity index (χ1v) is 14.1. The monoisotopic (exact) mass is 535 g/mol. The molecule has 1 heterocycles. The quantitative estimate of drug-likeness (QED) is 0.224. The van der Waals surface area contributed by atoms with E-state index in [9.17, 15) is 9.59 Å². The molecular weight excluding hydrogens is 490 g/mol. The van der Waals surface area contributed by atoms with Crippen LogP contribution in [0.1, 0.15) is 75.7 Å². The van der Waals surface area contributed by atoms with Gasteiger partial charge in [0.15, 0.2) is 6.23 Å². The van der Waals surface area contributed by atoms with Crippen LogP contribution in [0.15, 0.2) is 61.2 Å². The van der Waals surface area contributed by atoms with E-state index in [0.717, 1.165) is 29.8 Å². The molecule has 3 atom stereocenters. The van der Waals surface area contributed by atoms with Gasteiger partial charge in [0, 0.05) is 7.11 Å². The van der Waals surface area contributed by atoms with Crippen LogP contribution in [0.3, 0.4) is 0 Å². The average molecular weight is 536 g/mol. The van der Waals surface area contributed by atoms with Crippen LogP contribution in [0.25, 0.3) is 0 Å². The Bertz CT molecular complexity index is 1090. The van der Waals surface area contributed by atoms with Crippen LogP contribution in [0, 0.1) is 12.3 Å². The Balaban J connectivity index is 1.83. The number of hydrogen-bond acceptors (Lipinski definition) is 5. The predicted molar refractivity (Wildman–Crippen MR) is 156 cm³/mol. The zero-order valence-electron chi connectivity index (χ0n) is 24.4. The molecule has 0 spiro atoms. The molecule has 2 aromatic rings. The van der Waals surface area contributed by atoms with Crippen molar-refractivity contribution >= 4 is 11.9 Å². The summed E-state index contributed by atoms with van der Waals surface area (Å²) in [6, 6.07) is 15.3. The van der Waals surface area contributed by atoms with Gasteiger partial charge < -0.3 is 14.8 Å². The van der Waals surface area contributed by atoms with E-state index in [-0.39, 0.29) is 18.0 Å². The lowest BCUT2D eigenvalue weighted by Gasteiger charge is -2.53. The molecule has 1 aliphatic heterocycles. The van der Waals surface area contributed by atoms with E-state index in [0.29, 0.717) is 31.6 Å². The van der Waals surface area contributed by atoms with Crippen molar-refractivity contribution in [2.75, 3.05) is 26.8 Å². The number of methoxy groups -OCH3 is 1. The summed E-state index contributed by atoms with van der Waals surface area (Å²) in [5.41, 5.74) is 2.50. The molecule has 1 saturated heterocycles. The fraction of sp³-hybridized carbons (Fsp3) is 0.500. The van der Waals surface area contributed by atoms with Gasteiger partial charge in [0.25, 0.3) is 0 Å². The SMILES string of the molecule is C=CC[C@@H](NC(=O)N1C(=O)C(CC)(CC)[C@@H]1Oc1ccc(C(COC)N(CC)CC)cc1)c1ccc(C)cc1. The van der Waals surface area contributed by atoms with Gasteiger partial charge in [-0.25, -0.2) is 9.69 Å². The number of imide groups is 1. The number of nitrogens with zero attached hydrogens (tertiary/aromatic N) is 2. The molecule has 3 amide bonds. The third-order valence-corrected chi connectivity index (χ3v) is 8.10. The number of ether oxygens (including phenoxy) is 2. The number of hydrogen-bond donors (Lipinski definition) is 1. The molecule has 7 nitrogen and oxygen atoms in total. The average Bonchev–Trinajstić information content (AvgIpc) is 2.94. The van der Waals surface area contributed by atoms with Crippen molar-refractivity contribution in [3.8, 4) is 5.75 Å². The maximum absolute atomic E-state index is 13.5. The van der Waals surface area contributed by atoms with Crippen molar-refractivity contribution in [1.82, 2.24) is 15.1 Å². The second kappa shape index (κ2) is 13.8. The molecule has 1 fully saturated rings. The molecule has 1 N–H and O–H groups in total. The van der Waals surface area contributed by atoms with E-state index >= 15 is 0 Å². The number of nitrogens with one attached hydrogen (secondary N) is 1. The van der Waals surface area contributed by atoms with Crippen molar-refractivity contribution in [1.29, 1.82) is 0 Å². The molecule has 0 aromatic heterocycles. The molecule has 7 heteroatoms. The number of β-lactam (4-membered cyclic amide) rings is 1. The third-order valence-electron chi connectivity index (χ3n) is 8.10. The number of urea groups is 1. The lowest BCUT2D eigenvalue weighted by atomic mass is 9.72. The maximum Gasteiger partial charge on any atom is 0.327 e. The largest absolute Gasteiger partial charge is 0.469 e. The third kappa shape index (κ3) is 6.36. The van der Waals surface area contributed by atoms with E-state index in [1.165, 1.54) is 4.90 Å². The Kier molecular flexibility index (Phi) is 10.7. The zero-order chi connectivity index (χ0) is 28.6. The minimum atomic E-state index is -0.742. The highest BCUT2D eigenvalue weighted by atomic mass is 16.5. The van der Waals surface area contributed by atoms with Crippen LogP contribution >= 0.6 is 0 Å². The van der Waals surface area contributed by atoms with Crippen molar-refractivity contribution in [2.24, 2.45) is 5.41 Å². The van der Waals surface area contributed by atoms with Crippen molar-refractivity contribution < 1.29 is 19.1 Å². The van der Waals surface area contributed by atoms with E-state index in [1.54, 1.807) is 13.2 Å². The Morgan fingerprint density at radius 3 is 2.15 bits per heavy atom. The second-order valence-electron chi connectivity index (χ2n) is 10.2. The van der Waals surface area contributed by atoms with Crippen molar-refractivity contribution in [3.05, 3.63) is 77.9 Å². The van der Waals surface area contributed by atoms with Crippen LogP contribution in [-0.4, -0.2) is 54.8 Å².